The molecule has 2 N–H and O–H groups in total. The highest BCUT2D eigenvalue weighted by Gasteiger charge is 2.25. The van der Waals surface area contributed by atoms with Crippen molar-refractivity contribution in [2.45, 2.75) is 38.8 Å². The lowest BCUT2D eigenvalue weighted by Gasteiger charge is -2.34. The van der Waals surface area contributed by atoms with Gasteiger partial charge in [-0.15, -0.1) is 0 Å². The fourth-order valence-corrected chi connectivity index (χ4v) is 2.17. The first-order chi connectivity index (χ1) is 9.42. The molecule has 0 aliphatic heterocycles. The summed E-state index contributed by atoms with van der Waals surface area (Å²) in [7, 11) is 0. The summed E-state index contributed by atoms with van der Waals surface area (Å²) in [6.45, 7) is 8.71. The van der Waals surface area contributed by atoms with Gasteiger partial charge in [0.1, 0.15) is 0 Å². The molecule has 0 saturated carbocycles. The van der Waals surface area contributed by atoms with E-state index >= 15 is 0 Å². The summed E-state index contributed by atoms with van der Waals surface area (Å²) in [4.78, 5) is 0. The van der Waals surface area contributed by atoms with Crippen molar-refractivity contribution in [3.05, 3.63) is 71.8 Å². The maximum atomic E-state index is 3.46. The topological polar surface area (TPSA) is 24.1 Å². The molecular weight excluding hydrogens is 244 g/mol. The number of nitrogens with one attached hydrogen (secondary N) is 2. The molecule has 0 atom stereocenters. The fourth-order valence-electron chi connectivity index (χ4n) is 2.17. The normalized spacial score (nSPS) is 12.4. The van der Waals surface area contributed by atoms with Crippen LogP contribution in [0, 0.1) is 0 Å². The van der Waals surface area contributed by atoms with E-state index in [-0.39, 0.29) is 11.1 Å². The van der Waals surface area contributed by atoms with Gasteiger partial charge in [-0.25, -0.2) is 10.9 Å². The fraction of sp³-hybridized carbons (Fsp3) is 0.333. The van der Waals surface area contributed by atoms with Gasteiger partial charge in [0.15, 0.2) is 0 Å². The average molecular weight is 268 g/mol. The molecule has 0 aliphatic carbocycles. The molecule has 0 bridgehead atoms. The second-order valence-corrected chi connectivity index (χ2v) is 6.23. The van der Waals surface area contributed by atoms with E-state index in [1.807, 2.05) is 12.1 Å². The molecule has 0 fully saturated rings. The Morgan fingerprint density at radius 3 is 1.15 bits per heavy atom. The molecular formula is C18H24N2. The van der Waals surface area contributed by atoms with Crippen molar-refractivity contribution in [3.63, 3.8) is 0 Å². The van der Waals surface area contributed by atoms with Gasteiger partial charge >= 0.3 is 0 Å². The van der Waals surface area contributed by atoms with Gasteiger partial charge < -0.3 is 0 Å². The summed E-state index contributed by atoms with van der Waals surface area (Å²) < 4.78 is 0. The molecule has 0 amide bonds. The zero-order valence-corrected chi connectivity index (χ0v) is 12.8. The molecule has 0 aliphatic rings. The molecule has 2 aromatic carbocycles. The Kier molecular flexibility index (Phi) is 4.26. The molecule has 0 spiro atoms. The average Bonchev–Trinajstić information content (AvgIpc) is 2.47. The summed E-state index contributed by atoms with van der Waals surface area (Å²) in [6, 6.07) is 20.9. The Morgan fingerprint density at radius 2 is 0.850 bits per heavy atom. The van der Waals surface area contributed by atoms with Crippen molar-refractivity contribution in [2.75, 3.05) is 0 Å². The van der Waals surface area contributed by atoms with Gasteiger partial charge in [0.05, 0.1) is 11.1 Å². The quantitative estimate of drug-likeness (QED) is 0.802. The van der Waals surface area contributed by atoms with Crippen LogP contribution in [0.1, 0.15) is 38.8 Å². The van der Waals surface area contributed by atoms with Crippen LogP contribution in [0.25, 0.3) is 0 Å². The number of hydrazine groups is 1. The van der Waals surface area contributed by atoms with E-state index in [1.54, 1.807) is 0 Å². The van der Waals surface area contributed by atoms with Gasteiger partial charge in [-0.2, -0.15) is 0 Å². The first-order valence-corrected chi connectivity index (χ1v) is 7.07. The molecule has 20 heavy (non-hydrogen) atoms. The molecule has 2 aromatic rings. The van der Waals surface area contributed by atoms with Crippen LogP contribution in [-0.4, -0.2) is 0 Å². The van der Waals surface area contributed by atoms with Crippen molar-refractivity contribution in [3.8, 4) is 0 Å². The minimum absolute atomic E-state index is 0.132. The Hall–Kier alpha value is -1.64. The zero-order valence-electron chi connectivity index (χ0n) is 12.8. The predicted molar refractivity (Wildman–Crippen MR) is 85.2 cm³/mol. The van der Waals surface area contributed by atoms with Crippen molar-refractivity contribution in [2.24, 2.45) is 0 Å². The van der Waals surface area contributed by atoms with E-state index in [1.165, 1.54) is 11.1 Å². The molecule has 2 nitrogen and oxygen atoms in total. The minimum atomic E-state index is -0.132. The number of hydrogen-bond acceptors (Lipinski definition) is 2. The van der Waals surface area contributed by atoms with Gasteiger partial charge in [-0.1, -0.05) is 60.7 Å². The monoisotopic (exact) mass is 268 g/mol. The first kappa shape index (κ1) is 14.8. The van der Waals surface area contributed by atoms with E-state index in [4.69, 9.17) is 0 Å². The summed E-state index contributed by atoms with van der Waals surface area (Å²) in [5, 5.41) is 0. The summed E-state index contributed by atoms with van der Waals surface area (Å²) in [5.74, 6) is 0. The zero-order chi connectivity index (χ0) is 14.6. The lowest BCUT2D eigenvalue weighted by atomic mass is 9.93. The lowest BCUT2D eigenvalue weighted by Crippen LogP contribution is -2.53. The minimum Gasteiger partial charge on any atom is -0.247 e. The van der Waals surface area contributed by atoms with Crippen LogP contribution in [0.5, 0.6) is 0 Å². The number of hydrogen-bond donors (Lipinski definition) is 2. The predicted octanol–water partition coefficient (Wildman–Crippen LogP) is 3.95. The van der Waals surface area contributed by atoms with E-state index in [0.717, 1.165) is 0 Å². The van der Waals surface area contributed by atoms with E-state index in [0.29, 0.717) is 0 Å². The standard InChI is InChI=1S/C18H24N2/c1-17(2,15-11-7-5-8-12-15)19-20-18(3,4)16-13-9-6-10-14-16/h5-14,19-20H,1-4H3. The summed E-state index contributed by atoms with van der Waals surface area (Å²) in [6.07, 6.45) is 0. The van der Waals surface area contributed by atoms with Crippen LogP contribution in [-0.2, 0) is 11.1 Å². The first-order valence-electron chi connectivity index (χ1n) is 7.07. The van der Waals surface area contributed by atoms with E-state index in [9.17, 15) is 0 Å². The van der Waals surface area contributed by atoms with Crippen LogP contribution < -0.4 is 10.9 Å². The Balaban J connectivity index is 2.08. The molecule has 2 rings (SSSR count). The highest BCUT2D eigenvalue weighted by Crippen LogP contribution is 2.22. The highest BCUT2D eigenvalue weighted by atomic mass is 15.4. The van der Waals surface area contributed by atoms with Crippen molar-refractivity contribution in [1.29, 1.82) is 0 Å². The number of benzene rings is 2. The Morgan fingerprint density at radius 1 is 0.550 bits per heavy atom. The third-order valence-electron chi connectivity index (χ3n) is 3.68. The van der Waals surface area contributed by atoms with Gasteiger partial charge in [0.25, 0.3) is 0 Å². The molecule has 2 heteroatoms. The molecule has 0 heterocycles. The van der Waals surface area contributed by atoms with Gasteiger partial charge in [0.2, 0.25) is 0 Å². The van der Waals surface area contributed by atoms with Crippen molar-refractivity contribution in [1.82, 2.24) is 10.9 Å². The van der Waals surface area contributed by atoms with Crippen LogP contribution >= 0.6 is 0 Å². The van der Waals surface area contributed by atoms with Gasteiger partial charge in [-0.05, 0) is 38.8 Å². The summed E-state index contributed by atoms with van der Waals surface area (Å²) in [5.41, 5.74) is 9.19. The third-order valence-corrected chi connectivity index (χ3v) is 3.68. The van der Waals surface area contributed by atoms with Gasteiger partial charge in [0, 0.05) is 0 Å². The summed E-state index contributed by atoms with van der Waals surface area (Å²) >= 11 is 0. The SMILES string of the molecule is CC(C)(NNC(C)(C)c1ccccc1)c1ccccc1. The largest absolute Gasteiger partial charge is 0.247 e. The second kappa shape index (κ2) is 5.78. The van der Waals surface area contributed by atoms with E-state index in [2.05, 4.69) is 87.1 Å². The molecule has 0 radical (unpaired) electrons. The van der Waals surface area contributed by atoms with Crippen LogP contribution in [0.4, 0.5) is 0 Å². The lowest BCUT2D eigenvalue weighted by molar-refractivity contribution is 0.250. The Labute approximate surface area is 122 Å². The molecule has 0 aromatic heterocycles. The van der Waals surface area contributed by atoms with Crippen LogP contribution in [0.2, 0.25) is 0 Å². The van der Waals surface area contributed by atoms with E-state index < -0.39 is 0 Å². The second-order valence-electron chi connectivity index (χ2n) is 6.23. The van der Waals surface area contributed by atoms with Crippen LogP contribution in [0.3, 0.4) is 0 Å². The molecule has 0 unspecified atom stereocenters. The van der Waals surface area contributed by atoms with Gasteiger partial charge in [-0.3, -0.25) is 0 Å². The van der Waals surface area contributed by atoms with Crippen LogP contribution in [0.15, 0.2) is 60.7 Å². The van der Waals surface area contributed by atoms with Crippen molar-refractivity contribution >= 4 is 0 Å². The smallest absolute Gasteiger partial charge is 0.0516 e. The molecule has 0 saturated heterocycles. The van der Waals surface area contributed by atoms with Crippen molar-refractivity contribution < 1.29 is 0 Å². The maximum Gasteiger partial charge on any atom is 0.0516 e. The maximum absolute atomic E-state index is 3.46. The molecule has 106 valence electrons. The third kappa shape index (κ3) is 3.47. The Bertz CT molecular complexity index is 478. The highest BCUT2D eigenvalue weighted by molar-refractivity contribution is 5.24. The number of rotatable bonds is 5.